The number of fused-ring (bicyclic) bond motifs is 1. The summed E-state index contributed by atoms with van der Waals surface area (Å²) in [5.41, 5.74) is 6.56. The van der Waals surface area contributed by atoms with Gasteiger partial charge in [0.1, 0.15) is 17.4 Å². The molecule has 0 saturated carbocycles. The molecule has 0 fully saturated rings. The first-order chi connectivity index (χ1) is 16.2. The van der Waals surface area contributed by atoms with E-state index in [2.05, 4.69) is 60.8 Å². The van der Waals surface area contributed by atoms with E-state index >= 15 is 0 Å². The van der Waals surface area contributed by atoms with Gasteiger partial charge >= 0.3 is 0 Å². The summed E-state index contributed by atoms with van der Waals surface area (Å²) < 4.78 is 7.30. The van der Waals surface area contributed by atoms with E-state index in [1.165, 1.54) is 10.3 Å². The summed E-state index contributed by atoms with van der Waals surface area (Å²) in [4.78, 5) is 4.78. The van der Waals surface area contributed by atoms with Crippen molar-refractivity contribution in [1.29, 1.82) is 0 Å². The van der Waals surface area contributed by atoms with Crippen LogP contribution in [0.15, 0.2) is 91.0 Å². The third-order valence-corrected chi connectivity index (χ3v) is 6.91. The van der Waals surface area contributed by atoms with Gasteiger partial charge in [-0.15, -0.1) is 11.3 Å². The van der Waals surface area contributed by atoms with Crippen LogP contribution in [0, 0.1) is 6.92 Å². The third-order valence-electron chi connectivity index (χ3n) is 5.47. The van der Waals surface area contributed by atoms with Crippen molar-refractivity contribution in [2.45, 2.75) is 20.1 Å². The van der Waals surface area contributed by atoms with Crippen molar-refractivity contribution in [3.8, 4) is 16.3 Å². The summed E-state index contributed by atoms with van der Waals surface area (Å²) in [6.45, 7) is 3.21. The van der Waals surface area contributed by atoms with Crippen LogP contribution >= 0.6 is 22.9 Å². The fourth-order valence-electron chi connectivity index (χ4n) is 3.64. The maximum absolute atomic E-state index is 6.26. The standard InChI is InChI=1S/C28H23ClN2OS/c1-19-10-15-25-27(16-19)33-28(31-25)20-11-13-23(14-12-20)30-17-21-6-3-5-9-26(21)32-18-22-7-2-4-8-24(22)29/h2-16,30H,17-18H2,1H3. The van der Waals surface area contributed by atoms with E-state index in [1.54, 1.807) is 11.3 Å². The minimum atomic E-state index is 0.438. The molecule has 0 aliphatic rings. The number of halogens is 1. The quantitative estimate of drug-likeness (QED) is 0.261. The second kappa shape index (κ2) is 9.65. The lowest BCUT2D eigenvalue weighted by Gasteiger charge is -2.13. The summed E-state index contributed by atoms with van der Waals surface area (Å²) in [6, 6.07) is 30.7. The van der Waals surface area contributed by atoms with Crippen LogP contribution in [0.4, 0.5) is 5.69 Å². The Labute approximate surface area is 202 Å². The number of rotatable bonds is 7. The van der Waals surface area contributed by atoms with Crippen molar-refractivity contribution in [3.05, 3.63) is 113 Å². The minimum Gasteiger partial charge on any atom is -0.488 e. The lowest BCUT2D eigenvalue weighted by Crippen LogP contribution is -2.04. The molecule has 1 N–H and O–H groups in total. The van der Waals surface area contributed by atoms with Crippen LogP contribution in [0.25, 0.3) is 20.8 Å². The van der Waals surface area contributed by atoms with E-state index in [9.17, 15) is 0 Å². The molecule has 0 bridgehead atoms. The second-order valence-corrected chi connectivity index (χ2v) is 9.35. The first-order valence-electron chi connectivity index (χ1n) is 10.8. The number of anilines is 1. The van der Waals surface area contributed by atoms with Gasteiger partial charge in [0, 0.05) is 33.9 Å². The van der Waals surface area contributed by atoms with Gasteiger partial charge in [-0.3, -0.25) is 0 Å². The van der Waals surface area contributed by atoms with Gasteiger partial charge < -0.3 is 10.1 Å². The van der Waals surface area contributed by atoms with E-state index in [1.807, 2.05) is 42.5 Å². The number of benzene rings is 4. The van der Waals surface area contributed by atoms with Gasteiger partial charge in [0.05, 0.1) is 10.2 Å². The molecule has 33 heavy (non-hydrogen) atoms. The number of thiazole rings is 1. The predicted molar refractivity (Wildman–Crippen MR) is 139 cm³/mol. The monoisotopic (exact) mass is 470 g/mol. The number of nitrogens with one attached hydrogen (secondary N) is 1. The number of hydrogen-bond acceptors (Lipinski definition) is 4. The summed E-state index contributed by atoms with van der Waals surface area (Å²) >= 11 is 7.99. The third kappa shape index (κ3) is 5.03. The van der Waals surface area contributed by atoms with Gasteiger partial charge in [0.2, 0.25) is 0 Å². The molecule has 0 aliphatic heterocycles. The zero-order chi connectivity index (χ0) is 22.6. The normalized spacial score (nSPS) is 11.0. The molecule has 5 rings (SSSR count). The maximum Gasteiger partial charge on any atom is 0.124 e. The summed E-state index contributed by atoms with van der Waals surface area (Å²) in [6.07, 6.45) is 0. The zero-order valence-electron chi connectivity index (χ0n) is 18.2. The Morgan fingerprint density at radius 3 is 2.45 bits per heavy atom. The number of hydrogen-bond donors (Lipinski definition) is 1. The highest BCUT2D eigenvalue weighted by Gasteiger charge is 2.08. The largest absolute Gasteiger partial charge is 0.488 e. The summed E-state index contributed by atoms with van der Waals surface area (Å²) in [5, 5.41) is 5.26. The molecule has 1 aromatic heterocycles. The first kappa shape index (κ1) is 21.5. The van der Waals surface area contributed by atoms with Gasteiger partial charge in [-0.25, -0.2) is 4.98 Å². The Morgan fingerprint density at radius 2 is 1.64 bits per heavy atom. The van der Waals surface area contributed by atoms with Crippen LogP contribution < -0.4 is 10.1 Å². The van der Waals surface area contributed by atoms with E-state index in [-0.39, 0.29) is 0 Å². The minimum absolute atomic E-state index is 0.438. The fraction of sp³-hybridized carbons (Fsp3) is 0.107. The fourth-order valence-corrected chi connectivity index (χ4v) is 4.90. The number of nitrogens with zero attached hydrogens (tertiary/aromatic N) is 1. The number of aromatic nitrogens is 1. The Morgan fingerprint density at radius 1 is 0.879 bits per heavy atom. The van der Waals surface area contributed by atoms with E-state index < -0.39 is 0 Å². The zero-order valence-corrected chi connectivity index (χ0v) is 19.8. The molecule has 3 nitrogen and oxygen atoms in total. The van der Waals surface area contributed by atoms with Gasteiger partial charge in [0.15, 0.2) is 0 Å². The molecule has 0 atom stereocenters. The Hall–Kier alpha value is -3.34. The molecule has 0 spiro atoms. The Balaban J connectivity index is 1.25. The van der Waals surface area contributed by atoms with Crippen LogP contribution in [0.2, 0.25) is 5.02 Å². The van der Waals surface area contributed by atoms with Crippen molar-refractivity contribution >= 4 is 38.8 Å². The summed E-state index contributed by atoms with van der Waals surface area (Å²) in [7, 11) is 0. The lowest BCUT2D eigenvalue weighted by atomic mass is 10.1. The Bertz CT molecular complexity index is 1390. The number of para-hydroxylation sites is 1. The van der Waals surface area contributed by atoms with Crippen molar-refractivity contribution in [2.24, 2.45) is 0 Å². The van der Waals surface area contributed by atoms with Crippen LogP contribution in [0.1, 0.15) is 16.7 Å². The van der Waals surface area contributed by atoms with E-state index in [0.29, 0.717) is 13.2 Å². The van der Waals surface area contributed by atoms with Crippen molar-refractivity contribution < 1.29 is 4.74 Å². The second-order valence-electron chi connectivity index (χ2n) is 7.91. The highest BCUT2D eigenvalue weighted by atomic mass is 35.5. The van der Waals surface area contributed by atoms with Gasteiger partial charge in [0.25, 0.3) is 0 Å². The topological polar surface area (TPSA) is 34.2 Å². The number of aryl methyl sites for hydroxylation is 1. The van der Waals surface area contributed by atoms with Crippen molar-refractivity contribution in [2.75, 3.05) is 5.32 Å². The van der Waals surface area contributed by atoms with Crippen LogP contribution in [0.5, 0.6) is 5.75 Å². The van der Waals surface area contributed by atoms with Crippen LogP contribution in [-0.4, -0.2) is 4.98 Å². The average molecular weight is 471 g/mol. The predicted octanol–water partition coefficient (Wildman–Crippen LogP) is 8.12. The van der Waals surface area contributed by atoms with Crippen LogP contribution in [-0.2, 0) is 13.2 Å². The molecule has 5 aromatic rings. The molecule has 164 valence electrons. The lowest BCUT2D eigenvalue weighted by molar-refractivity contribution is 0.303. The number of ether oxygens (including phenoxy) is 1. The molecule has 0 aliphatic carbocycles. The smallest absolute Gasteiger partial charge is 0.124 e. The van der Waals surface area contributed by atoms with Crippen molar-refractivity contribution in [1.82, 2.24) is 4.98 Å². The van der Waals surface area contributed by atoms with E-state index in [0.717, 1.165) is 43.7 Å². The first-order valence-corrected chi connectivity index (χ1v) is 12.0. The molecular formula is C28H23ClN2OS. The Kier molecular flexibility index (Phi) is 6.29. The maximum atomic E-state index is 6.26. The summed E-state index contributed by atoms with van der Waals surface area (Å²) in [5.74, 6) is 0.853. The molecular weight excluding hydrogens is 448 g/mol. The molecule has 0 saturated heterocycles. The molecule has 4 aromatic carbocycles. The molecule has 0 amide bonds. The van der Waals surface area contributed by atoms with E-state index in [4.69, 9.17) is 21.3 Å². The molecule has 0 radical (unpaired) electrons. The highest BCUT2D eigenvalue weighted by Crippen LogP contribution is 2.31. The average Bonchev–Trinajstić information content (AvgIpc) is 3.26. The van der Waals surface area contributed by atoms with Crippen LogP contribution in [0.3, 0.4) is 0 Å². The highest BCUT2D eigenvalue weighted by molar-refractivity contribution is 7.21. The molecule has 1 heterocycles. The van der Waals surface area contributed by atoms with Gasteiger partial charge in [-0.2, -0.15) is 0 Å². The van der Waals surface area contributed by atoms with Crippen molar-refractivity contribution in [3.63, 3.8) is 0 Å². The molecule has 0 unspecified atom stereocenters. The SMILES string of the molecule is Cc1ccc2nc(-c3ccc(NCc4ccccc4OCc4ccccc4Cl)cc3)sc2c1. The van der Waals surface area contributed by atoms with Gasteiger partial charge in [-0.1, -0.05) is 54.1 Å². The van der Waals surface area contributed by atoms with Gasteiger partial charge in [-0.05, 0) is 61.0 Å². The molecule has 5 heteroatoms.